The molecule has 0 saturated heterocycles. The number of carbonyl (C=O) groups is 3. The van der Waals surface area contributed by atoms with Gasteiger partial charge in [-0.15, -0.1) is 0 Å². The number of carbonyl (C=O) groups excluding carboxylic acids is 2. The number of nitrogens with two attached hydrogens (primary N) is 2. The standard InChI is InChI=1S/C23H17N5O4/c24-21(29)17-11-27-19-9-12(14-5-7-18(22(25)30)26-10-14)4-6-16(19)20(17)28-15-3-1-2-13(8-15)23(31)32/h1-11H,(H2,24,29)(H2,25,30)(H,27,28)(H,31,32). The molecule has 0 aliphatic rings. The number of nitrogens with one attached hydrogen (secondary N) is 1. The van der Waals surface area contributed by atoms with Gasteiger partial charge in [-0.1, -0.05) is 24.3 Å². The van der Waals surface area contributed by atoms with Crippen molar-refractivity contribution in [3.63, 3.8) is 0 Å². The normalized spacial score (nSPS) is 10.6. The molecule has 0 radical (unpaired) electrons. The van der Waals surface area contributed by atoms with Crippen LogP contribution in [0.25, 0.3) is 22.0 Å². The van der Waals surface area contributed by atoms with Gasteiger partial charge in [0.05, 0.1) is 22.3 Å². The number of anilines is 2. The lowest BCUT2D eigenvalue weighted by molar-refractivity contribution is 0.0696. The van der Waals surface area contributed by atoms with Crippen LogP contribution in [0, 0.1) is 0 Å². The van der Waals surface area contributed by atoms with Crippen molar-refractivity contribution in [3.8, 4) is 11.1 Å². The maximum atomic E-state index is 12.0. The quantitative estimate of drug-likeness (QED) is 0.368. The number of aromatic nitrogens is 2. The van der Waals surface area contributed by atoms with Gasteiger partial charge in [-0.3, -0.25) is 19.6 Å². The summed E-state index contributed by atoms with van der Waals surface area (Å²) in [6.07, 6.45) is 2.90. The Bertz CT molecular complexity index is 1380. The molecule has 0 saturated carbocycles. The van der Waals surface area contributed by atoms with Crippen LogP contribution in [0.15, 0.2) is 67.0 Å². The second kappa shape index (κ2) is 8.15. The Hall–Kier alpha value is -4.79. The molecule has 158 valence electrons. The average Bonchev–Trinajstić information content (AvgIpc) is 2.79. The van der Waals surface area contributed by atoms with E-state index in [9.17, 15) is 19.5 Å². The predicted octanol–water partition coefficient (Wildman–Crippen LogP) is 2.94. The summed E-state index contributed by atoms with van der Waals surface area (Å²) in [5.41, 5.74) is 14.2. The number of fused-ring (bicyclic) bond motifs is 1. The Balaban J connectivity index is 1.80. The Morgan fingerprint density at radius 1 is 0.844 bits per heavy atom. The van der Waals surface area contributed by atoms with Gasteiger partial charge in [0.15, 0.2) is 0 Å². The molecule has 0 fully saturated rings. The monoisotopic (exact) mass is 427 g/mol. The number of nitrogens with zero attached hydrogens (tertiary/aromatic N) is 2. The molecule has 0 bridgehead atoms. The number of hydrogen-bond donors (Lipinski definition) is 4. The molecule has 9 heteroatoms. The van der Waals surface area contributed by atoms with Crippen molar-refractivity contribution in [2.45, 2.75) is 0 Å². The number of carboxylic acid groups (broad SMARTS) is 1. The third kappa shape index (κ3) is 3.94. The highest BCUT2D eigenvalue weighted by Gasteiger charge is 2.15. The molecule has 0 aliphatic heterocycles. The van der Waals surface area contributed by atoms with Gasteiger partial charge in [-0.05, 0) is 35.9 Å². The zero-order valence-corrected chi connectivity index (χ0v) is 16.6. The van der Waals surface area contributed by atoms with Gasteiger partial charge in [-0.2, -0.15) is 0 Å². The fourth-order valence-corrected chi connectivity index (χ4v) is 3.28. The van der Waals surface area contributed by atoms with E-state index < -0.39 is 17.8 Å². The summed E-state index contributed by atoms with van der Waals surface area (Å²) in [4.78, 5) is 42.9. The SMILES string of the molecule is NC(=O)c1ccc(-c2ccc3c(Nc4cccc(C(=O)O)c4)c(C(N)=O)cnc3c2)cn1. The second-order valence-corrected chi connectivity index (χ2v) is 6.95. The van der Waals surface area contributed by atoms with Crippen LogP contribution >= 0.6 is 0 Å². The molecule has 0 aliphatic carbocycles. The van der Waals surface area contributed by atoms with Gasteiger partial charge in [0, 0.05) is 29.0 Å². The number of carboxylic acids is 1. The maximum absolute atomic E-state index is 12.0. The van der Waals surface area contributed by atoms with E-state index in [2.05, 4.69) is 15.3 Å². The van der Waals surface area contributed by atoms with Crippen molar-refractivity contribution in [2.75, 3.05) is 5.32 Å². The molecule has 9 nitrogen and oxygen atoms in total. The van der Waals surface area contributed by atoms with E-state index in [1.165, 1.54) is 30.6 Å². The number of aromatic carboxylic acids is 1. The van der Waals surface area contributed by atoms with Crippen LogP contribution in [-0.4, -0.2) is 32.9 Å². The molecule has 6 N–H and O–H groups in total. The molecule has 0 atom stereocenters. The second-order valence-electron chi connectivity index (χ2n) is 6.95. The largest absolute Gasteiger partial charge is 0.478 e. The third-order valence-corrected chi connectivity index (χ3v) is 4.86. The lowest BCUT2D eigenvalue weighted by atomic mass is 10.0. The summed E-state index contributed by atoms with van der Waals surface area (Å²) in [6.45, 7) is 0. The topological polar surface area (TPSA) is 161 Å². The molecule has 2 heterocycles. The first-order chi connectivity index (χ1) is 15.3. The van der Waals surface area contributed by atoms with Crippen molar-refractivity contribution < 1.29 is 19.5 Å². The minimum absolute atomic E-state index is 0.100. The first-order valence-electron chi connectivity index (χ1n) is 9.42. The third-order valence-electron chi connectivity index (χ3n) is 4.86. The van der Waals surface area contributed by atoms with Crippen LogP contribution in [0.4, 0.5) is 11.4 Å². The summed E-state index contributed by atoms with van der Waals surface area (Å²) in [6, 6.07) is 14.9. The van der Waals surface area contributed by atoms with E-state index >= 15 is 0 Å². The van der Waals surface area contributed by atoms with Crippen LogP contribution in [0.2, 0.25) is 0 Å². The Labute approximate surface area is 181 Å². The van der Waals surface area contributed by atoms with E-state index in [0.29, 0.717) is 22.3 Å². The first kappa shape index (κ1) is 20.5. The molecular weight excluding hydrogens is 410 g/mol. The van der Waals surface area contributed by atoms with Crippen LogP contribution < -0.4 is 16.8 Å². The van der Waals surface area contributed by atoms with E-state index in [-0.39, 0.29) is 16.8 Å². The van der Waals surface area contributed by atoms with E-state index in [1.54, 1.807) is 30.3 Å². The maximum Gasteiger partial charge on any atom is 0.335 e. The zero-order valence-electron chi connectivity index (χ0n) is 16.6. The number of rotatable bonds is 6. The highest BCUT2D eigenvalue weighted by Crippen LogP contribution is 2.32. The molecule has 2 aromatic heterocycles. The van der Waals surface area contributed by atoms with Crippen LogP contribution in [0.1, 0.15) is 31.2 Å². The van der Waals surface area contributed by atoms with E-state index in [0.717, 1.165) is 11.1 Å². The smallest absolute Gasteiger partial charge is 0.335 e. The predicted molar refractivity (Wildman–Crippen MR) is 119 cm³/mol. The van der Waals surface area contributed by atoms with Crippen LogP contribution in [0.5, 0.6) is 0 Å². The lowest BCUT2D eigenvalue weighted by Gasteiger charge is -2.14. The highest BCUT2D eigenvalue weighted by molar-refractivity contribution is 6.08. The summed E-state index contributed by atoms with van der Waals surface area (Å²) in [7, 11) is 0. The van der Waals surface area contributed by atoms with Crippen molar-refractivity contribution in [1.29, 1.82) is 0 Å². The summed E-state index contributed by atoms with van der Waals surface area (Å²) in [5.74, 6) is -2.35. The summed E-state index contributed by atoms with van der Waals surface area (Å²) in [5, 5.41) is 13.0. The van der Waals surface area contributed by atoms with Crippen molar-refractivity contribution in [1.82, 2.24) is 9.97 Å². The minimum Gasteiger partial charge on any atom is -0.478 e. The fourth-order valence-electron chi connectivity index (χ4n) is 3.28. The van der Waals surface area contributed by atoms with Crippen LogP contribution in [-0.2, 0) is 0 Å². The molecule has 4 aromatic rings. The van der Waals surface area contributed by atoms with E-state index in [1.807, 2.05) is 6.07 Å². The summed E-state index contributed by atoms with van der Waals surface area (Å²) >= 11 is 0. The fraction of sp³-hybridized carbons (Fsp3) is 0. The Kier molecular flexibility index (Phi) is 5.22. The van der Waals surface area contributed by atoms with Gasteiger partial charge in [0.2, 0.25) is 0 Å². The van der Waals surface area contributed by atoms with Gasteiger partial charge in [0.25, 0.3) is 11.8 Å². The van der Waals surface area contributed by atoms with Gasteiger partial charge in [0.1, 0.15) is 5.69 Å². The number of hydrogen-bond acceptors (Lipinski definition) is 6. The van der Waals surface area contributed by atoms with Crippen molar-refractivity contribution >= 4 is 40.1 Å². The zero-order chi connectivity index (χ0) is 22.8. The average molecular weight is 427 g/mol. The molecule has 32 heavy (non-hydrogen) atoms. The van der Waals surface area contributed by atoms with Crippen molar-refractivity contribution in [2.24, 2.45) is 11.5 Å². The van der Waals surface area contributed by atoms with Crippen LogP contribution in [0.3, 0.4) is 0 Å². The number of pyridine rings is 2. The highest BCUT2D eigenvalue weighted by atomic mass is 16.4. The van der Waals surface area contributed by atoms with E-state index in [4.69, 9.17) is 11.5 Å². The Morgan fingerprint density at radius 3 is 2.28 bits per heavy atom. The number of amides is 2. The van der Waals surface area contributed by atoms with Gasteiger partial charge >= 0.3 is 5.97 Å². The Morgan fingerprint density at radius 2 is 1.62 bits per heavy atom. The molecule has 2 amide bonds. The summed E-state index contributed by atoms with van der Waals surface area (Å²) < 4.78 is 0. The molecule has 0 unspecified atom stereocenters. The first-order valence-corrected chi connectivity index (χ1v) is 9.42. The van der Waals surface area contributed by atoms with Gasteiger partial charge < -0.3 is 21.9 Å². The molecule has 0 spiro atoms. The molecule has 4 rings (SSSR count). The minimum atomic E-state index is -1.07. The molecular formula is C23H17N5O4. The number of benzene rings is 2. The lowest BCUT2D eigenvalue weighted by Crippen LogP contribution is -2.14. The van der Waals surface area contributed by atoms with Gasteiger partial charge in [-0.25, -0.2) is 4.79 Å². The van der Waals surface area contributed by atoms with Crippen molar-refractivity contribution in [3.05, 3.63) is 83.8 Å². The number of primary amides is 2. The molecule has 2 aromatic carbocycles.